The van der Waals surface area contributed by atoms with E-state index in [4.69, 9.17) is 0 Å². The Kier molecular flexibility index (Phi) is 12.5. The fourth-order valence-corrected chi connectivity index (χ4v) is 7.15. The molecule has 0 spiro atoms. The van der Waals surface area contributed by atoms with E-state index in [0.29, 0.717) is 5.56 Å². The Labute approximate surface area is 343 Å². The fraction of sp³-hybridized carbons (Fsp3) is 0.0244. The molecule has 0 saturated heterocycles. The molecule has 64 heavy (non-hydrogen) atoms. The number of fused-ring (bicyclic) bond motifs is 1. The lowest BCUT2D eigenvalue weighted by Crippen LogP contribution is -2.81. The minimum Gasteiger partial charge on any atom is -0.207 e. The van der Waals surface area contributed by atoms with Gasteiger partial charge in [-0.3, -0.25) is 0 Å². The first kappa shape index (κ1) is 46.4. The minimum atomic E-state index is -7.22. The van der Waals surface area contributed by atoms with E-state index >= 15 is 35.1 Å². The van der Waals surface area contributed by atoms with E-state index in [1.54, 1.807) is 0 Å². The molecule has 0 aliphatic rings. The molecular formula is C41H13BF20N2. The number of pyridine rings is 1. The van der Waals surface area contributed by atoms with Crippen LogP contribution in [-0.4, -0.2) is 6.15 Å². The summed E-state index contributed by atoms with van der Waals surface area (Å²) in [5.41, 5.74) is -12.4. The zero-order chi connectivity index (χ0) is 47.4. The fourth-order valence-electron chi connectivity index (χ4n) is 7.15. The lowest BCUT2D eigenvalue weighted by Gasteiger charge is -2.44. The maximum atomic E-state index is 15.4. The molecule has 0 saturated carbocycles. The van der Waals surface area contributed by atoms with Gasteiger partial charge < -0.3 is 0 Å². The Bertz CT molecular complexity index is 2720. The van der Waals surface area contributed by atoms with Crippen LogP contribution >= 0.6 is 0 Å². The first-order valence-corrected chi connectivity index (χ1v) is 17.2. The van der Waals surface area contributed by atoms with Gasteiger partial charge in [-0.25, -0.2) is 87.8 Å². The van der Waals surface area contributed by atoms with E-state index < -0.39 is 144 Å². The Morgan fingerprint density at radius 3 is 0.953 bits per heavy atom. The number of halogens is 20. The summed E-state index contributed by atoms with van der Waals surface area (Å²) in [5, 5.41) is 11.4. The summed E-state index contributed by atoms with van der Waals surface area (Å²) in [4.78, 5) is 0. The van der Waals surface area contributed by atoms with E-state index in [0.717, 1.165) is 17.3 Å². The van der Waals surface area contributed by atoms with Crippen LogP contribution in [0.4, 0.5) is 87.8 Å². The quantitative estimate of drug-likeness (QED) is 0.0539. The summed E-state index contributed by atoms with van der Waals surface area (Å²) < 4.78 is 296. The Morgan fingerprint density at radius 2 is 0.641 bits per heavy atom. The molecule has 2 nitrogen and oxygen atoms in total. The maximum absolute atomic E-state index is 15.4. The van der Waals surface area contributed by atoms with E-state index in [9.17, 15) is 57.9 Å². The van der Waals surface area contributed by atoms with Crippen molar-refractivity contribution in [2.24, 2.45) is 0 Å². The SMILES string of the molecule is Fc1c(F)c(F)c([B-](c2c(F)c(F)c(F)c(F)c2F)(c2c(F)c(F)c(F)c(F)c2F)c2c(F)c(F)c(F)c(F)c2F)c(F)c1F.N#Cc1c[n+](Cc2ccccc2)cc2ccccc12. The van der Waals surface area contributed by atoms with Crippen LogP contribution in [0.25, 0.3) is 10.8 Å². The number of benzene rings is 6. The van der Waals surface area contributed by atoms with Crippen molar-refractivity contribution in [3.8, 4) is 6.07 Å². The van der Waals surface area contributed by atoms with E-state index in [1.165, 1.54) is 5.56 Å². The first-order chi connectivity index (χ1) is 30.1. The number of hydrogen-bond donors (Lipinski definition) is 0. The largest absolute Gasteiger partial charge is 0.207 e. The predicted octanol–water partition coefficient (Wildman–Crippen LogP) is 8.89. The summed E-state index contributed by atoms with van der Waals surface area (Å²) in [6.07, 6.45) is -3.22. The average molecular weight is 924 g/mol. The molecule has 0 amide bonds. The van der Waals surface area contributed by atoms with Gasteiger partial charge in [0.05, 0.1) is 0 Å². The van der Waals surface area contributed by atoms with Crippen molar-refractivity contribution >= 4 is 38.8 Å². The van der Waals surface area contributed by atoms with Crippen molar-refractivity contribution in [1.82, 2.24) is 0 Å². The van der Waals surface area contributed by atoms with Crippen LogP contribution in [0, 0.1) is 128 Å². The molecule has 0 bridgehead atoms. The number of nitriles is 1. The average Bonchev–Trinajstić information content (AvgIpc) is 3.29. The Morgan fingerprint density at radius 1 is 0.359 bits per heavy atom. The van der Waals surface area contributed by atoms with Gasteiger partial charge in [0.15, 0.2) is 88.7 Å². The molecule has 0 radical (unpaired) electrons. The third-order valence-electron chi connectivity index (χ3n) is 9.89. The smallest absolute Gasteiger partial charge is 0.200 e. The zero-order valence-corrected chi connectivity index (χ0v) is 30.6. The molecule has 0 N–H and O–H groups in total. The van der Waals surface area contributed by atoms with Gasteiger partial charge in [0.25, 0.3) is 0 Å². The van der Waals surface area contributed by atoms with Gasteiger partial charge in [0.1, 0.15) is 64.3 Å². The molecule has 0 fully saturated rings. The van der Waals surface area contributed by atoms with Crippen LogP contribution in [0.3, 0.4) is 0 Å². The number of rotatable bonds is 6. The molecule has 6 aromatic carbocycles. The zero-order valence-electron chi connectivity index (χ0n) is 30.6. The van der Waals surface area contributed by atoms with Crippen molar-refractivity contribution in [3.63, 3.8) is 0 Å². The lowest BCUT2D eigenvalue weighted by atomic mass is 9.12. The number of aromatic nitrogens is 1. The van der Waals surface area contributed by atoms with Gasteiger partial charge in [-0.05, 0) is 6.07 Å². The summed E-state index contributed by atoms with van der Waals surface area (Å²) in [6.45, 7) is 0.778. The lowest BCUT2D eigenvalue weighted by molar-refractivity contribution is -0.687. The second kappa shape index (κ2) is 17.2. The third-order valence-corrected chi connectivity index (χ3v) is 9.89. The van der Waals surface area contributed by atoms with Crippen molar-refractivity contribution in [1.29, 1.82) is 5.26 Å². The highest BCUT2D eigenvalue weighted by molar-refractivity contribution is 7.20. The van der Waals surface area contributed by atoms with Crippen LogP contribution in [-0.2, 0) is 6.54 Å². The second-order valence-electron chi connectivity index (χ2n) is 13.3. The number of hydrogen-bond acceptors (Lipinski definition) is 1. The summed E-state index contributed by atoms with van der Waals surface area (Å²) in [5.74, 6) is -71.4. The molecule has 23 heteroatoms. The van der Waals surface area contributed by atoms with Gasteiger partial charge in [-0.1, -0.05) is 48.5 Å². The van der Waals surface area contributed by atoms with Crippen molar-refractivity contribution in [2.45, 2.75) is 6.54 Å². The molecule has 330 valence electrons. The molecule has 0 atom stereocenters. The Hall–Kier alpha value is -7.12. The van der Waals surface area contributed by atoms with Gasteiger partial charge in [0.2, 0.25) is 0 Å². The first-order valence-electron chi connectivity index (χ1n) is 17.2. The summed E-state index contributed by atoms with van der Waals surface area (Å²) in [6, 6.07) is 20.5. The normalized spacial score (nSPS) is 11.5. The minimum absolute atomic E-state index is 0.717. The molecule has 1 heterocycles. The van der Waals surface area contributed by atoms with Crippen molar-refractivity contribution < 1.29 is 92.4 Å². The molecular weight excluding hydrogens is 911 g/mol. The molecule has 0 unspecified atom stereocenters. The van der Waals surface area contributed by atoms with Crippen molar-refractivity contribution in [2.75, 3.05) is 0 Å². The van der Waals surface area contributed by atoms with E-state index in [1.807, 2.05) is 48.7 Å². The second-order valence-corrected chi connectivity index (χ2v) is 13.3. The summed E-state index contributed by atoms with van der Waals surface area (Å²) >= 11 is 0. The predicted molar refractivity (Wildman–Crippen MR) is 184 cm³/mol. The van der Waals surface area contributed by atoms with Crippen LogP contribution in [0.5, 0.6) is 0 Å². The standard InChI is InChI=1S/C24BF20.C17H13N2/c26-5-1(6(27)14(35)21(42)13(5)34)25(2-7(28)15(36)22(43)16(37)8(2)29,3-9(30)17(38)23(44)18(39)10(3)31)4-11(32)19(40)24(45)20(41)12(4)33;18-10-16-13-19(11-14-6-2-1-3-7-14)12-15-8-4-5-9-17(15)16/h;1-9,12-13H,11H2/q-1;+1. The van der Waals surface area contributed by atoms with Gasteiger partial charge in [-0.15, -0.1) is 21.9 Å². The monoisotopic (exact) mass is 924 g/mol. The Balaban J connectivity index is 0.000000295. The van der Waals surface area contributed by atoms with Crippen molar-refractivity contribution in [3.05, 3.63) is 194 Å². The molecule has 7 aromatic rings. The molecule has 0 aliphatic heterocycles. The van der Waals surface area contributed by atoms with Crippen LogP contribution in [0.1, 0.15) is 11.1 Å². The van der Waals surface area contributed by atoms with E-state index in [2.05, 4.69) is 29.0 Å². The van der Waals surface area contributed by atoms with Crippen LogP contribution in [0.15, 0.2) is 67.0 Å². The van der Waals surface area contributed by atoms with Gasteiger partial charge >= 0.3 is 0 Å². The van der Waals surface area contributed by atoms with E-state index in [-0.39, 0.29) is 0 Å². The van der Waals surface area contributed by atoms with Gasteiger partial charge in [-0.2, -0.15) is 9.83 Å². The topological polar surface area (TPSA) is 27.7 Å². The maximum Gasteiger partial charge on any atom is 0.200 e. The highest BCUT2D eigenvalue weighted by Crippen LogP contribution is 2.31. The molecule has 7 rings (SSSR count). The van der Waals surface area contributed by atoms with Crippen LogP contribution < -0.4 is 26.4 Å². The number of nitrogens with zero attached hydrogens (tertiary/aromatic N) is 2. The molecule has 0 aliphatic carbocycles. The highest BCUT2D eigenvalue weighted by Gasteiger charge is 2.52. The van der Waals surface area contributed by atoms with Crippen LogP contribution in [0.2, 0.25) is 0 Å². The highest BCUT2D eigenvalue weighted by atomic mass is 19.2. The van der Waals surface area contributed by atoms with Gasteiger partial charge in [0, 0.05) is 16.3 Å². The third kappa shape index (κ3) is 7.09. The molecule has 1 aromatic heterocycles. The summed E-state index contributed by atoms with van der Waals surface area (Å²) in [7, 11) is 0.